The van der Waals surface area contributed by atoms with Gasteiger partial charge in [0.25, 0.3) is 5.69 Å². The smallest absolute Gasteiger partial charge is 0.318 e. The lowest BCUT2D eigenvalue weighted by atomic mass is 9.71. The van der Waals surface area contributed by atoms with E-state index < -0.39 is 11.4 Å². The number of rotatable bonds is 9. The summed E-state index contributed by atoms with van der Waals surface area (Å²) in [5.41, 5.74) is 5.40. The molecule has 0 N–H and O–H groups in total. The van der Waals surface area contributed by atoms with Crippen molar-refractivity contribution in [3.8, 4) is 11.1 Å². The van der Waals surface area contributed by atoms with E-state index in [2.05, 4.69) is 19.0 Å². The number of carbonyl (C=O) groups excluding carboxylic acids is 2. The molecule has 0 radical (unpaired) electrons. The van der Waals surface area contributed by atoms with Crippen molar-refractivity contribution in [2.24, 2.45) is 5.16 Å². The van der Waals surface area contributed by atoms with E-state index in [4.69, 9.17) is 4.84 Å². The van der Waals surface area contributed by atoms with Crippen LogP contribution in [0.2, 0.25) is 0 Å². The minimum atomic E-state index is -0.616. The van der Waals surface area contributed by atoms with Gasteiger partial charge in [0.1, 0.15) is 0 Å². The van der Waals surface area contributed by atoms with Crippen LogP contribution in [-0.2, 0) is 15.0 Å². The van der Waals surface area contributed by atoms with Crippen molar-refractivity contribution in [1.82, 2.24) is 0 Å². The lowest BCUT2D eigenvalue weighted by Crippen LogP contribution is -2.26. The predicted molar refractivity (Wildman–Crippen MR) is 143 cm³/mol. The number of oxime groups is 1. The standard InChI is InChI=1S/C30H30N2O5/c1-5-15-30(16-6-2)26-17-21(11-13-24(26)25-14-12-22(32(35)36)18-27(25)30)29(34)28(31-37-20(4)33)23-10-8-7-9-19(23)3/h7-14,17-18H,5-6,15-16H2,1-4H3/b31-28+. The van der Waals surface area contributed by atoms with Gasteiger partial charge in [-0.3, -0.25) is 14.9 Å². The minimum Gasteiger partial charge on any atom is -0.318 e. The number of Topliss-reactive ketones (excluding diaryl/α,β-unsaturated/α-hetero) is 1. The van der Waals surface area contributed by atoms with Gasteiger partial charge in [0.05, 0.1) is 4.92 Å². The van der Waals surface area contributed by atoms with Gasteiger partial charge in [0.15, 0.2) is 5.71 Å². The second-order valence-corrected chi connectivity index (χ2v) is 9.50. The molecule has 1 aliphatic rings. The quantitative estimate of drug-likeness (QED) is 0.105. The molecule has 0 atom stereocenters. The molecule has 37 heavy (non-hydrogen) atoms. The lowest BCUT2D eigenvalue weighted by molar-refractivity contribution is -0.384. The molecule has 7 nitrogen and oxygen atoms in total. The summed E-state index contributed by atoms with van der Waals surface area (Å²) in [5, 5.41) is 15.5. The highest BCUT2D eigenvalue weighted by Crippen LogP contribution is 2.54. The molecule has 0 aliphatic heterocycles. The predicted octanol–water partition coefficient (Wildman–Crippen LogP) is 6.92. The Bertz CT molecular complexity index is 1420. The third kappa shape index (κ3) is 4.69. The fourth-order valence-corrected chi connectivity index (χ4v) is 5.55. The first-order valence-electron chi connectivity index (χ1n) is 12.5. The third-order valence-electron chi connectivity index (χ3n) is 7.05. The van der Waals surface area contributed by atoms with Gasteiger partial charge >= 0.3 is 5.97 Å². The van der Waals surface area contributed by atoms with Crippen LogP contribution in [0.1, 0.15) is 79.1 Å². The normalized spacial score (nSPS) is 13.6. The maximum absolute atomic E-state index is 13.8. The van der Waals surface area contributed by atoms with Crippen LogP contribution in [0.5, 0.6) is 0 Å². The number of non-ortho nitro benzene ring substituents is 1. The van der Waals surface area contributed by atoms with Gasteiger partial charge in [-0.2, -0.15) is 0 Å². The molecule has 0 unspecified atom stereocenters. The fourth-order valence-electron chi connectivity index (χ4n) is 5.55. The van der Waals surface area contributed by atoms with E-state index in [0.717, 1.165) is 53.5 Å². The van der Waals surface area contributed by atoms with E-state index in [-0.39, 0.29) is 22.1 Å². The van der Waals surface area contributed by atoms with Gasteiger partial charge in [-0.1, -0.05) is 68.2 Å². The van der Waals surface area contributed by atoms with E-state index in [1.807, 2.05) is 37.3 Å². The van der Waals surface area contributed by atoms with E-state index >= 15 is 0 Å². The van der Waals surface area contributed by atoms with Crippen molar-refractivity contribution in [2.45, 2.75) is 58.8 Å². The first-order valence-corrected chi connectivity index (χ1v) is 12.5. The maximum atomic E-state index is 13.8. The van der Waals surface area contributed by atoms with E-state index in [1.54, 1.807) is 24.3 Å². The van der Waals surface area contributed by atoms with E-state index in [0.29, 0.717) is 11.1 Å². The second kappa shape index (κ2) is 10.5. The van der Waals surface area contributed by atoms with Crippen LogP contribution in [0.15, 0.2) is 65.8 Å². The first kappa shape index (κ1) is 25.9. The van der Waals surface area contributed by atoms with Crippen LogP contribution in [0, 0.1) is 17.0 Å². The van der Waals surface area contributed by atoms with E-state index in [9.17, 15) is 19.7 Å². The molecule has 1 aliphatic carbocycles. The zero-order valence-electron chi connectivity index (χ0n) is 21.5. The summed E-state index contributed by atoms with van der Waals surface area (Å²) in [5.74, 6) is -0.975. The summed E-state index contributed by atoms with van der Waals surface area (Å²) in [7, 11) is 0. The van der Waals surface area contributed by atoms with Gasteiger partial charge in [-0.25, -0.2) is 4.79 Å². The highest BCUT2D eigenvalue weighted by molar-refractivity contribution is 6.51. The third-order valence-corrected chi connectivity index (χ3v) is 7.05. The van der Waals surface area contributed by atoms with Gasteiger partial charge in [-0.05, 0) is 59.7 Å². The Morgan fingerprint density at radius 1 is 0.946 bits per heavy atom. The Morgan fingerprint density at radius 3 is 2.16 bits per heavy atom. The molecule has 0 bridgehead atoms. The summed E-state index contributed by atoms with van der Waals surface area (Å²) in [6, 6.07) is 17.9. The van der Waals surface area contributed by atoms with Gasteiger partial charge in [0, 0.05) is 35.6 Å². The molecule has 0 spiro atoms. The summed E-state index contributed by atoms with van der Waals surface area (Å²) in [4.78, 5) is 41.5. The summed E-state index contributed by atoms with van der Waals surface area (Å²) in [6.07, 6.45) is 3.35. The summed E-state index contributed by atoms with van der Waals surface area (Å²) < 4.78 is 0. The lowest BCUT2D eigenvalue weighted by Gasteiger charge is -2.32. The average Bonchev–Trinajstić information content (AvgIpc) is 3.13. The molecule has 0 saturated heterocycles. The van der Waals surface area contributed by atoms with Gasteiger partial charge in [0.2, 0.25) is 5.78 Å². The van der Waals surface area contributed by atoms with Crippen molar-refractivity contribution in [3.63, 3.8) is 0 Å². The molecule has 4 rings (SSSR count). The Labute approximate surface area is 216 Å². The number of carbonyl (C=O) groups is 2. The number of nitro benzene ring substituents is 1. The average molecular weight is 499 g/mol. The van der Waals surface area contributed by atoms with Crippen molar-refractivity contribution in [1.29, 1.82) is 0 Å². The Hall–Kier alpha value is -4.13. The number of nitrogens with zero attached hydrogens (tertiary/aromatic N) is 2. The summed E-state index contributed by atoms with van der Waals surface area (Å²) in [6.45, 7) is 7.30. The Balaban J connectivity index is 1.89. The van der Waals surface area contributed by atoms with Crippen molar-refractivity contribution >= 4 is 23.2 Å². The number of aryl methyl sites for hydroxylation is 1. The molecule has 0 heterocycles. The first-order chi connectivity index (χ1) is 17.7. The van der Waals surface area contributed by atoms with Crippen molar-refractivity contribution in [3.05, 3.63) is 98.6 Å². The Kier molecular flexibility index (Phi) is 7.34. The van der Waals surface area contributed by atoms with Crippen molar-refractivity contribution in [2.75, 3.05) is 0 Å². The number of nitro groups is 1. The molecule has 0 saturated carbocycles. The molecule has 190 valence electrons. The number of hydrogen-bond acceptors (Lipinski definition) is 6. The van der Waals surface area contributed by atoms with Crippen LogP contribution in [0.25, 0.3) is 11.1 Å². The molecule has 3 aromatic rings. The Morgan fingerprint density at radius 2 is 1.57 bits per heavy atom. The minimum absolute atomic E-state index is 0.0518. The van der Waals surface area contributed by atoms with Gasteiger partial charge < -0.3 is 4.84 Å². The molecule has 3 aromatic carbocycles. The molecular weight excluding hydrogens is 468 g/mol. The molecular formula is C30H30N2O5. The number of ketones is 1. The molecule has 0 amide bonds. The van der Waals surface area contributed by atoms with Crippen LogP contribution in [0.3, 0.4) is 0 Å². The molecule has 0 fully saturated rings. The SMILES string of the molecule is CCCC1(CCC)c2cc(C(=O)/C(=N/OC(C)=O)c3ccccc3C)ccc2-c2ccc([N+](=O)[O-])cc21. The highest BCUT2D eigenvalue weighted by Gasteiger charge is 2.43. The zero-order valence-corrected chi connectivity index (χ0v) is 21.5. The molecule has 0 aromatic heterocycles. The number of hydrogen-bond donors (Lipinski definition) is 0. The van der Waals surface area contributed by atoms with Crippen LogP contribution < -0.4 is 0 Å². The van der Waals surface area contributed by atoms with Crippen LogP contribution >= 0.6 is 0 Å². The topological polar surface area (TPSA) is 98.9 Å². The van der Waals surface area contributed by atoms with Crippen LogP contribution in [-0.4, -0.2) is 22.4 Å². The largest absolute Gasteiger partial charge is 0.332 e. The maximum Gasteiger partial charge on any atom is 0.332 e. The summed E-state index contributed by atoms with van der Waals surface area (Å²) >= 11 is 0. The molecule has 7 heteroatoms. The van der Waals surface area contributed by atoms with E-state index in [1.165, 1.54) is 13.0 Å². The highest BCUT2D eigenvalue weighted by atomic mass is 16.7. The fraction of sp³-hybridized carbons (Fsp3) is 0.300. The van der Waals surface area contributed by atoms with Crippen LogP contribution in [0.4, 0.5) is 5.69 Å². The number of fused-ring (bicyclic) bond motifs is 3. The van der Waals surface area contributed by atoms with Crippen molar-refractivity contribution < 1.29 is 19.3 Å². The van der Waals surface area contributed by atoms with Gasteiger partial charge in [-0.15, -0.1) is 0 Å². The second-order valence-electron chi connectivity index (χ2n) is 9.50. The zero-order chi connectivity index (χ0) is 26.7. The monoisotopic (exact) mass is 498 g/mol. The number of benzene rings is 3.